The highest BCUT2D eigenvalue weighted by atomic mass is 16.5. The van der Waals surface area contributed by atoms with E-state index in [1.165, 1.54) is 0 Å². The first kappa shape index (κ1) is 15.2. The Morgan fingerprint density at radius 2 is 2.04 bits per heavy atom. The molecule has 0 amide bonds. The van der Waals surface area contributed by atoms with E-state index >= 15 is 0 Å². The highest BCUT2D eigenvalue weighted by molar-refractivity contribution is 5.86. The Labute approximate surface area is 144 Å². The van der Waals surface area contributed by atoms with Gasteiger partial charge in [0.25, 0.3) is 0 Å². The number of fused-ring (bicyclic) bond motifs is 1. The van der Waals surface area contributed by atoms with Crippen molar-refractivity contribution in [2.45, 2.75) is 12.3 Å². The molecule has 2 aromatic carbocycles. The summed E-state index contributed by atoms with van der Waals surface area (Å²) in [5, 5.41) is 9.93. The first-order chi connectivity index (χ1) is 12.2. The monoisotopic (exact) mass is 329 g/mol. The number of para-hydroxylation sites is 1. The molecule has 1 fully saturated rings. The third-order valence-electron chi connectivity index (χ3n) is 4.72. The highest BCUT2D eigenvalue weighted by Crippen LogP contribution is 2.48. The third-order valence-corrected chi connectivity index (χ3v) is 4.72. The van der Waals surface area contributed by atoms with Crippen molar-refractivity contribution in [2.75, 3.05) is 0 Å². The average molecular weight is 329 g/mol. The van der Waals surface area contributed by atoms with Crippen LogP contribution in [0.15, 0.2) is 71.4 Å². The van der Waals surface area contributed by atoms with Crippen molar-refractivity contribution >= 4 is 16.9 Å². The Morgan fingerprint density at radius 3 is 2.76 bits per heavy atom. The summed E-state index contributed by atoms with van der Waals surface area (Å²) in [6.07, 6.45) is 2.35. The zero-order chi connectivity index (χ0) is 17.4. The minimum absolute atomic E-state index is 0.0718. The van der Waals surface area contributed by atoms with E-state index in [2.05, 4.69) is 12.6 Å². The summed E-state index contributed by atoms with van der Waals surface area (Å²) in [4.78, 5) is 12.3. The first-order valence-electron chi connectivity index (χ1n) is 8.04. The Hall–Kier alpha value is -3.32. The second kappa shape index (κ2) is 5.95. The lowest BCUT2D eigenvalue weighted by molar-refractivity contribution is -0.139. The number of furan rings is 1. The Balaban J connectivity index is 1.51. The molecule has 1 aliphatic rings. The van der Waals surface area contributed by atoms with Crippen molar-refractivity contribution in [2.24, 2.45) is 5.92 Å². The molecule has 2 unspecified atom stereocenters. The van der Waals surface area contributed by atoms with Crippen LogP contribution >= 0.6 is 0 Å². The van der Waals surface area contributed by atoms with Gasteiger partial charge in [0.15, 0.2) is 0 Å². The Morgan fingerprint density at radius 1 is 1.24 bits per heavy atom. The Kier molecular flexibility index (Phi) is 3.62. The van der Waals surface area contributed by atoms with Crippen molar-refractivity contribution in [3.05, 3.63) is 78.1 Å². The second-order valence-electron chi connectivity index (χ2n) is 6.16. The van der Waals surface area contributed by atoms with Crippen LogP contribution in [-0.4, -0.2) is 5.97 Å². The van der Waals surface area contributed by atoms with Gasteiger partial charge >= 0.3 is 5.97 Å². The Bertz CT molecular complexity index is 1010. The van der Waals surface area contributed by atoms with Crippen LogP contribution in [0.5, 0.6) is 5.75 Å². The molecule has 2 atom stereocenters. The van der Waals surface area contributed by atoms with Gasteiger partial charge in [0.05, 0.1) is 23.8 Å². The topological polar surface area (TPSA) is 63.2 Å². The van der Waals surface area contributed by atoms with Crippen LogP contribution in [0.25, 0.3) is 11.0 Å². The van der Waals surface area contributed by atoms with Gasteiger partial charge in [0, 0.05) is 16.9 Å². The maximum atomic E-state index is 12.3. The van der Waals surface area contributed by atoms with E-state index in [0.29, 0.717) is 23.3 Å². The smallest absolute Gasteiger partial charge is 0.318 e. The van der Waals surface area contributed by atoms with Crippen molar-refractivity contribution in [1.29, 1.82) is 5.26 Å². The van der Waals surface area contributed by atoms with E-state index in [0.717, 1.165) is 16.5 Å². The maximum Gasteiger partial charge on any atom is 0.318 e. The molecule has 0 aliphatic heterocycles. The number of rotatable bonds is 3. The molecule has 4 heteroatoms. The third kappa shape index (κ3) is 2.60. The van der Waals surface area contributed by atoms with Gasteiger partial charge in [-0.2, -0.15) is 5.26 Å². The number of carbonyl (C=O) groups is 1. The summed E-state index contributed by atoms with van der Waals surface area (Å²) in [5.41, 5.74) is 3.09. The molecule has 3 aromatic rings. The lowest BCUT2D eigenvalue weighted by Gasteiger charge is -2.36. The molecule has 0 N–H and O–H groups in total. The van der Waals surface area contributed by atoms with Crippen LogP contribution in [0.3, 0.4) is 0 Å². The van der Waals surface area contributed by atoms with E-state index in [1.54, 1.807) is 30.5 Å². The minimum atomic E-state index is -0.298. The van der Waals surface area contributed by atoms with Crippen LogP contribution in [0.4, 0.5) is 0 Å². The predicted molar refractivity (Wildman–Crippen MR) is 93.0 cm³/mol. The second-order valence-corrected chi connectivity index (χ2v) is 6.16. The molecule has 4 rings (SSSR count). The largest absolute Gasteiger partial charge is 0.464 e. The average Bonchev–Trinajstić information content (AvgIpc) is 3.04. The number of nitriles is 1. The van der Waals surface area contributed by atoms with Gasteiger partial charge in [0.2, 0.25) is 0 Å². The molecule has 1 aliphatic carbocycles. The summed E-state index contributed by atoms with van der Waals surface area (Å²) in [6.45, 7) is 4.09. The minimum Gasteiger partial charge on any atom is -0.464 e. The van der Waals surface area contributed by atoms with E-state index in [1.807, 2.05) is 24.3 Å². The number of carbonyl (C=O) groups excluding carboxylic acids is 1. The normalized spacial score (nSPS) is 19.2. The number of benzene rings is 2. The molecule has 1 heterocycles. The summed E-state index contributed by atoms with van der Waals surface area (Å²) >= 11 is 0. The van der Waals surface area contributed by atoms with Gasteiger partial charge in [-0.1, -0.05) is 30.4 Å². The van der Waals surface area contributed by atoms with Gasteiger partial charge in [0.1, 0.15) is 11.3 Å². The molecule has 0 spiro atoms. The SMILES string of the molecule is C=C1C(C(=O)Oc2ccccc2)CC1c1coc2cc(C#N)ccc12. The molecule has 122 valence electrons. The van der Waals surface area contributed by atoms with E-state index in [4.69, 9.17) is 14.4 Å². The zero-order valence-corrected chi connectivity index (χ0v) is 13.4. The molecule has 1 aromatic heterocycles. The summed E-state index contributed by atoms with van der Waals surface area (Å²) in [6, 6.07) is 16.5. The number of esters is 1. The molecule has 4 nitrogen and oxygen atoms in total. The van der Waals surface area contributed by atoms with E-state index in [-0.39, 0.29) is 17.8 Å². The lowest BCUT2D eigenvalue weighted by atomic mass is 9.67. The van der Waals surface area contributed by atoms with Gasteiger partial charge in [-0.15, -0.1) is 0 Å². The van der Waals surface area contributed by atoms with Crippen LogP contribution in [0.1, 0.15) is 23.5 Å². The summed E-state index contributed by atoms with van der Waals surface area (Å²) in [5.74, 6) is 0.0459. The van der Waals surface area contributed by atoms with Gasteiger partial charge < -0.3 is 9.15 Å². The van der Waals surface area contributed by atoms with Crippen LogP contribution in [0, 0.1) is 17.2 Å². The first-order valence-corrected chi connectivity index (χ1v) is 8.04. The number of nitrogens with zero attached hydrogens (tertiary/aromatic N) is 1. The maximum absolute atomic E-state index is 12.3. The van der Waals surface area contributed by atoms with Gasteiger partial charge in [-0.05, 0) is 36.8 Å². The van der Waals surface area contributed by atoms with Crippen molar-refractivity contribution in [3.8, 4) is 11.8 Å². The number of ether oxygens (including phenoxy) is 1. The van der Waals surface area contributed by atoms with Gasteiger partial charge in [-0.25, -0.2) is 0 Å². The number of hydrogen-bond donors (Lipinski definition) is 0. The van der Waals surface area contributed by atoms with Crippen LogP contribution in [-0.2, 0) is 4.79 Å². The fourth-order valence-electron chi connectivity index (χ4n) is 3.26. The van der Waals surface area contributed by atoms with E-state index in [9.17, 15) is 4.79 Å². The van der Waals surface area contributed by atoms with E-state index < -0.39 is 0 Å². The fraction of sp³-hybridized carbons (Fsp3) is 0.143. The van der Waals surface area contributed by atoms with Crippen LogP contribution < -0.4 is 4.74 Å². The van der Waals surface area contributed by atoms with Crippen molar-refractivity contribution in [1.82, 2.24) is 0 Å². The quantitative estimate of drug-likeness (QED) is 0.401. The van der Waals surface area contributed by atoms with Crippen molar-refractivity contribution in [3.63, 3.8) is 0 Å². The van der Waals surface area contributed by atoms with Crippen molar-refractivity contribution < 1.29 is 13.9 Å². The molecule has 25 heavy (non-hydrogen) atoms. The molecule has 0 bridgehead atoms. The predicted octanol–water partition coefficient (Wildman–Crippen LogP) is 4.57. The standard InChI is InChI=1S/C21H15NO3/c1-13-17(10-18(13)21(23)25-15-5-3-2-4-6-15)19-12-24-20-9-14(11-22)7-8-16(19)20/h2-9,12,17-18H,1,10H2. The lowest BCUT2D eigenvalue weighted by Crippen LogP contribution is -2.34. The summed E-state index contributed by atoms with van der Waals surface area (Å²) in [7, 11) is 0. The number of hydrogen-bond acceptors (Lipinski definition) is 4. The summed E-state index contributed by atoms with van der Waals surface area (Å²) < 4.78 is 11.0. The van der Waals surface area contributed by atoms with Crippen LogP contribution in [0.2, 0.25) is 0 Å². The molecule has 1 saturated carbocycles. The molecule has 0 radical (unpaired) electrons. The zero-order valence-electron chi connectivity index (χ0n) is 13.4. The molecular formula is C21H15NO3. The molecule has 0 saturated heterocycles. The molecular weight excluding hydrogens is 314 g/mol. The fourth-order valence-corrected chi connectivity index (χ4v) is 3.26. The van der Waals surface area contributed by atoms with Gasteiger partial charge in [-0.3, -0.25) is 4.79 Å². The highest BCUT2D eigenvalue weighted by Gasteiger charge is 2.41.